The maximum Gasteiger partial charge on any atom is 0.119 e. The lowest BCUT2D eigenvalue weighted by Gasteiger charge is -2.20. The molecule has 0 saturated heterocycles. The van der Waals surface area contributed by atoms with Gasteiger partial charge in [0.2, 0.25) is 0 Å². The van der Waals surface area contributed by atoms with Crippen molar-refractivity contribution in [2.24, 2.45) is 0 Å². The van der Waals surface area contributed by atoms with E-state index in [-0.39, 0.29) is 13.2 Å². The summed E-state index contributed by atoms with van der Waals surface area (Å²) in [5, 5.41) is 27.6. The molecule has 0 aromatic heterocycles. The highest BCUT2D eigenvalue weighted by atomic mass is 16.5. The van der Waals surface area contributed by atoms with Crippen molar-refractivity contribution in [2.75, 3.05) is 39.5 Å². The van der Waals surface area contributed by atoms with Crippen LogP contribution < -0.4 is 4.74 Å². The first-order valence-corrected chi connectivity index (χ1v) is 7.33. The lowest BCUT2D eigenvalue weighted by molar-refractivity contribution is 0.0809. The van der Waals surface area contributed by atoms with Crippen LogP contribution in [0.4, 0.5) is 0 Å². The molecule has 1 aromatic carbocycles. The van der Waals surface area contributed by atoms with Crippen LogP contribution in [0, 0.1) is 0 Å². The van der Waals surface area contributed by atoms with E-state index in [1.807, 2.05) is 29.2 Å². The van der Waals surface area contributed by atoms with Crippen LogP contribution in [0.2, 0.25) is 0 Å². The Morgan fingerprint density at radius 2 is 1.57 bits per heavy atom. The average Bonchev–Trinajstić information content (AvgIpc) is 2.39. The van der Waals surface area contributed by atoms with Gasteiger partial charge in [0.1, 0.15) is 12.4 Å². The Bertz CT molecular complexity index is 380. The molecule has 0 aliphatic rings. The minimum absolute atomic E-state index is 0.0750. The number of benzene rings is 1. The molecule has 1 aromatic rings. The first kappa shape index (κ1) is 17.9. The van der Waals surface area contributed by atoms with Gasteiger partial charge < -0.3 is 20.1 Å². The van der Waals surface area contributed by atoms with Gasteiger partial charge in [0, 0.05) is 26.1 Å². The molecule has 0 bridgehead atoms. The van der Waals surface area contributed by atoms with E-state index in [9.17, 15) is 5.11 Å². The highest BCUT2D eigenvalue weighted by molar-refractivity contribution is 5.28. The van der Waals surface area contributed by atoms with Crippen molar-refractivity contribution in [3.63, 3.8) is 0 Å². The number of aliphatic hydroxyl groups is 3. The maximum atomic E-state index is 9.77. The maximum absolute atomic E-state index is 9.77. The van der Waals surface area contributed by atoms with Crippen molar-refractivity contribution < 1.29 is 20.1 Å². The summed E-state index contributed by atoms with van der Waals surface area (Å²) in [5.74, 6) is 0.780. The molecular weight excluding hydrogens is 270 g/mol. The van der Waals surface area contributed by atoms with Crippen LogP contribution in [0.5, 0.6) is 5.75 Å². The van der Waals surface area contributed by atoms with Crippen LogP contribution in [0.15, 0.2) is 24.3 Å². The summed E-state index contributed by atoms with van der Waals surface area (Å²) >= 11 is 0. The third-order valence-electron chi connectivity index (χ3n) is 3.07. The van der Waals surface area contributed by atoms with Crippen molar-refractivity contribution >= 4 is 0 Å². The Kier molecular flexibility index (Phi) is 7.67. The van der Waals surface area contributed by atoms with E-state index in [0.29, 0.717) is 32.7 Å². The van der Waals surface area contributed by atoms with Gasteiger partial charge in [-0.05, 0) is 31.5 Å². The lowest BCUT2D eigenvalue weighted by Crippen LogP contribution is -2.33. The fourth-order valence-electron chi connectivity index (χ4n) is 2.11. The summed E-state index contributed by atoms with van der Waals surface area (Å²) in [6.45, 7) is 5.96. The fraction of sp³-hybridized carbons (Fsp3) is 0.625. The zero-order valence-electron chi connectivity index (χ0n) is 13.0. The van der Waals surface area contributed by atoms with Crippen LogP contribution in [0.25, 0.3) is 0 Å². The molecular formula is C16H27NO4. The van der Waals surface area contributed by atoms with Gasteiger partial charge in [0.25, 0.3) is 0 Å². The second-order valence-electron chi connectivity index (χ2n) is 5.77. The zero-order chi connectivity index (χ0) is 15.7. The molecule has 0 aliphatic heterocycles. The number of ether oxygens (including phenoxy) is 1. The molecule has 0 radical (unpaired) electrons. The van der Waals surface area contributed by atoms with Crippen LogP contribution in [0.1, 0.15) is 19.4 Å². The first-order valence-electron chi connectivity index (χ1n) is 7.33. The Morgan fingerprint density at radius 1 is 1.00 bits per heavy atom. The summed E-state index contributed by atoms with van der Waals surface area (Å²) in [6.07, 6.45) is 0.605. The summed E-state index contributed by atoms with van der Waals surface area (Å²) < 4.78 is 5.65. The molecule has 0 unspecified atom stereocenters. The molecule has 0 saturated carbocycles. The Hall–Kier alpha value is -1.14. The predicted octanol–water partition coefficient (Wildman–Crippen LogP) is 0.665. The molecule has 0 spiro atoms. The van der Waals surface area contributed by atoms with Gasteiger partial charge >= 0.3 is 0 Å². The third-order valence-corrected chi connectivity index (χ3v) is 3.07. The molecule has 5 nitrogen and oxygen atoms in total. The smallest absolute Gasteiger partial charge is 0.119 e. The van der Waals surface area contributed by atoms with Crippen LogP contribution in [-0.2, 0) is 6.42 Å². The average molecular weight is 297 g/mol. The van der Waals surface area contributed by atoms with Crippen molar-refractivity contribution in [1.82, 2.24) is 4.90 Å². The second kappa shape index (κ2) is 9.00. The number of nitrogens with zero attached hydrogens (tertiary/aromatic N) is 1. The quantitative estimate of drug-likeness (QED) is 0.592. The monoisotopic (exact) mass is 297 g/mol. The number of hydrogen-bond donors (Lipinski definition) is 3. The molecule has 0 atom stereocenters. The van der Waals surface area contributed by atoms with Crippen molar-refractivity contribution in [3.05, 3.63) is 29.8 Å². The molecule has 0 aliphatic carbocycles. The summed E-state index contributed by atoms with van der Waals surface area (Å²) in [4.78, 5) is 1.95. The van der Waals surface area contributed by atoms with E-state index in [0.717, 1.165) is 11.3 Å². The largest absolute Gasteiger partial charge is 0.492 e. The Morgan fingerprint density at radius 3 is 2.05 bits per heavy atom. The Labute approximate surface area is 126 Å². The first-order chi connectivity index (χ1) is 9.94. The molecule has 120 valence electrons. The Balaban J connectivity index is 2.38. The number of aliphatic hydroxyl groups excluding tert-OH is 2. The summed E-state index contributed by atoms with van der Waals surface area (Å²) in [6, 6.07) is 7.69. The van der Waals surface area contributed by atoms with Gasteiger partial charge in [-0.3, -0.25) is 4.90 Å². The van der Waals surface area contributed by atoms with Crippen LogP contribution in [0.3, 0.4) is 0 Å². The zero-order valence-corrected chi connectivity index (χ0v) is 13.0. The standard InChI is InChI=1S/C16H27NO4/c1-16(2,20)13-14-3-5-15(6-4-14)21-12-9-17(7-10-18)8-11-19/h3-6,18-20H,7-13H2,1-2H3. The van der Waals surface area contributed by atoms with Crippen molar-refractivity contribution in [3.8, 4) is 5.75 Å². The fourth-order valence-corrected chi connectivity index (χ4v) is 2.11. The van der Waals surface area contributed by atoms with Crippen molar-refractivity contribution in [1.29, 1.82) is 0 Å². The molecule has 1 rings (SSSR count). The van der Waals surface area contributed by atoms with Gasteiger partial charge in [0.05, 0.1) is 18.8 Å². The van der Waals surface area contributed by atoms with Gasteiger partial charge in [0.15, 0.2) is 0 Å². The molecule has 21 heavy (non-hydrogen) atoms. The summed E-state index contributed by atoms with van der Waals surface area (Å²) in [5.41, 5.74) is 0.356. The molecule has 0 heterocycles. The van der Waals surface area contributed by atoms with E-state index in [2.05, 4.69) is 0 Å². The van der Waals surface area contributed by atoms with Crippen LogP contribution in [-0.4, -0.2) is 65.3 Å². The third kappa shape index (κ3) is 8.02. The highest BCUT2D eigenvalue weighted by Gasteiger charge is 2.13. The lowest BCUT2D eigenvalue weighted by atomic mass is 9.99. The van der Waals surface area contributed by atoms with E-state index in [1.165, 1.54) is 0 Å². The predicted molar refractivity (Wildman–Crippen MR) is 82.6 cm³/mol. The van der Waals surface area contributed by atoms with Gasteiger partial charge in [-0.1, -0.05) is 12.1 Å². The topological polar surface area (TPSA) is 73.2 Å². The van der Waals surface area contributed by atoms with E-state index >= 15 is 0 Å². The number of hydrogen-bond acceptors (Lipinski definition) is 5. The van der Waals surface area contributed by atoms with Crippen LogP contribution >= 0.6 is 0 Å². The molecule has 5 heteroatoms. The highest BCUT2D eigenvalue weighted by Crippen LogP contribution is 2.16. The minimum Gasteiger partial charge on any atom is -0.492 e. The number of rotatable bonds is 10. The SMILES string of the molecule is CC(C)(O)Cc1ccc(OCCN(CCO)CCO)cc1. The van der Waals surface area contributed by atoms with Gasteiger partial charge in [-0.25, -0.2) is 0 Å². The van der Waals surface area contributed by atoms with Gasteiger partial charge in [-0.15, -0.1) is 0 Å². The minimum atomic E-state index is -0.711. The van der Waals surface area contributed by atoms with Crippen molar-refractivity contribution in [2.45, 2.75) is 25.9 Å². The molecule has 0 amide bonds. The van der Waals surface area contributed by atoms with Gasteiger partial charge in [-0.2, -0.15) is 0 Å². The van der Waals surface area contributed by atoms with E-state index in [1.54, 1.807) is 13.8 Å². The summed E-state index contributed by atoms with van der Waals surface area (Å²) in [7, 11) is 0. The van der Waals surface area contributed by atoms with E-state index in [4.69, 9.17) is 14.9 Å². The molecule has 0 fully saturated rings. The molecule has 3 N–H and O–H groups in total. The normalized spacial score (nSPS) is 11.9. The van der Waals surface area contributed by atoms with E-state index < -0.39 is 5.60 Å². The second-order valence-corrected chi connectivity index (χ2v) is 5.77.